The van der Waals surface area contributed by atoms with E-state index < -0.39 is 5.91 Å². The second-order valence-corrected chi connectivity index (χ2v) is 3.95. The number of amides is 1. The van der Waals surface area contributed by atoms with Crippen LogP contribution in [0.15, 0.2) is 12.1 Å². The van der Waals surface area contributed by atoms with Crippen LogP contribution in [-0.2, 0) is 0 Å². The molecule has 1 heterocycles. The van der Waals surface area contributed by atoms with Gasteiger partial charge in [-0.1, -0.05) is 0 Å². The maximum atomic E-state index is 11.8. The predicted octanol–water partition coefficient (Wildman–Crippen LogP) is 0.962. The van der Waals surface area contributed by atoms with Gasteiger partial charge in [-0.3, -0.25) is 9.89 Å². The summed E-state index contributed by atoms with van der Waals surface area (Å²) < 4.78 is 0. The molecule has 1 amide bonds. The van der Waals surface area contributed by atoms with E-state index in [0.29, 0.717) is 11.3 Å². The summed E-state index contributed by atoms with van der Waals surface area (Å²) in [5.41, 5.74) is 7.34. The number of hydrogen-bond acceptors (Lipinski definition) is 5. The number of carbonyl (C=O) groups excluding carboxylic acids is 1. The van der Waals surface area contributed by atoms with Gasteiger partial charge in [0.05, 0.1) is 0 Å². The van der Waals surface area contributed by atoms with E-state index in [1.165, 1.54) is 0 Å². The fraction of sp³-hybridized carbons (Fsp3) is 0.182. The number of nitrogens with two attached hydrogens (primary N) is 1. The number of aromatic amines is 1. The Labute approximate surface area is 103 Å². The Hall–Kier alpha value is -2.57. The molecular formula is C11H13N5O2. The highest BCUT2D eigenvalue weighted by Crippen LogP contribution is 2.25. The number of aromatic nitrogens is 3. The molecule has 0 aliphatic carbocycles. The fourth-order valence-corrected chi connectivity index (χ4v) is 1.49. The number of H-pyrrole nitrogens is 1. The highest BCUT2D eigenvalue weighted by atomic mass is 16.3. The lowest BCUT2D eigenvalue weighted by molar-refractivity contribution is 0.101. The molecule has 0 aliphatic rings. The molecule has 0 bridgehead atoms. The minimum Gasteiger partial charge on any atom is -0.508 e. The van der Waals surface area contributed by atoms with Crippen LogP contribution in [0.25, 0.3) is 0 Å². The van der Waals surface area contributed by atoms with E-state index >= 15 is 0 Å². The summed E-state index contributed by atoms with van der Waals surface area (Å²) in [6.07, 6.45) is 0. The number of anilines is 2. The molecule has 5 N–H and O–H groups in total. The zero-order valence-electron chi connectivity index (χ0n) is 9.98. The number of nitrogen functional groups attached to an aromatic ring is 1. The van der Waals surface area contributed by atoms with Gasteiger partial charge in [0.2, 0.25) is 11.8 Å². The number of phenolic OH excluding ortho intramolecular Hbond substituents is 1. The van der Waals surface area contributed by atoms with Crippen LogP contribution in [0, 0.1) is 13.8 Å². The lowest BCUT2D eigenvalue weighted by Crippen LogP contribution is -2.14. The summed E-state index contributed by atoms with van der Waals surface area (Å²) >= 11 is 0. The topological polar surface area (TPSA) is 117 Å². The first kappa shape index (κ1) is 11.9. The minimum atomic E-state index is -0.438. The molecule has 0 aliphatic heterocycles. The second kappa shape index (κ2) is 4.36. The summed E-state index contributed by atoms with van der Waals surface area (Å²) in [4.78, 5) is 15.5. The first-order valence-electron chi connectivity index (χ1n) is 5.27. The molecule has 1 aromatic carbocycles. The molecule has 18 heavy (non-hydrogen) atoms. The quantitative estimate of drug-likeness (QED) is 0.590. The summed E-state index contributed by atoms with van der Waals surface area (Å²) in [5, 5.41) is 18.2. The number of phenols is 1. The number of hydrogen-bond donors (Lipinski definition) is 4. The Morgan fingerprint density at radius 3 is 2.72 bits per heavy atom. The lowest BCUT2D eigenvalue weighted by Gasteiger charge is -2.09. The number of aromatic hydroxyl groups is 1. The Balaban J connectivity index is 2.24. The third-order valence-electron chi connectivity index (χ3n) is 2.51. The predicted molar refractivity (Wildman–Crippen MR) is 66.3 cm³/mol. The van der Waals surface area contributed by atoms with Gasteiger partial charge in [0.25, 0.3) is 5.91 Å². The Morgan fingerprint density at radius 2 is 2.11 bits per heavy atom. The zero-order chi connectivity index (χ0) is 13.3. The van der Waals surface area contributed by atoms with Gasteiger partial charge in [0, 0.05) is 5.69 Å². The SMILES string of the molecule is Cc1cc(NC(=O)c2nc(N)n[nH]2)c(C)cc1O. The van der Waals surface area contributed by atoms with E-state index in [1.54, 1.807) is 26.0 Å². The summed E-state index contributed by atoms with van der Waals surface area (Å²) in [6, 6.07) is 3.27. The third-order valence-corrected chi connectivity index (χ3v) is 2.51. The average molecular weight is 247 g/mol. The molecule has 2 rings (SSSR count). The number of carbonyl (C=O) groups is 1. The van der Waals surface area contributed by atoms with Gasteiger partial charge in [-0.2, -0.15) is 4.98 Å². The van der Waals surface area contributed by atoms with Crippen molar-refractivity contribution in [1.29, 1.82) is 0 Å². The number of rotatable bonds is 2. The smallest absolute Gasteiger partial charge is 0.293 e. The van der Waals surface area contributed by atoms with Gasteiger partial charge in [-0.05, 0) is 37.1 Å². The third kappa shape index (κ3) is 2.24. The van der Waals surface area contributed by atoms with Crippen molar-refractivity contribution >= 4 is 17.5 Å². The van der Waals surface area contributed by atoms with E-state index in [2.05, 4.69) is 20.5 Å². The van der Waals surface area contributed by atoms with Gasteiger partial charge in [0.1, 0.15) is 5.75 Å². The van der Waals surface area contributed by atoms with Crippen molar-refractivity contribution < 1.29 is 9.90 Å². The van der Waals surface area contributed by atoms with Crippen molar-refractivity contribution in [2.45, 2.75) is 13.8 Å². The summed E-state index contributed by atoms with van der Waals surface area (Å²) in [7, 11) is 0. The van der Waals surface area contributed by atoms with Crippen LogP contribution >= 0.6 is 0 Å². The second-order valence-electron chi connectivity index (χ2n) is 3.95. The molecule has 0 radical (unpaired) electrons. The molecular weight excluding hydrogens is 234 g/mol. The number of benzene rings is 1. The number of nitrogens with one attached hydrogen (secondary N) is 2. The monoisotopic (exact) mass is 247 g/mol. The van der Waals surface area contributed by atoms with E-state index in [-0.39, 0.29) is 17.5 Å². The van der Waals surface area contributed by atoms with Crippen molar-refractivity contribution in [2.75, 3.05) is 11.1 Å². The molecule has 0 fully saturated rings. The molecule has 0 saturated carbocycles. The van der Waals surface area contributed by atoms with Gasteiger partial charge in [0.15, 0.2) is 0 Å². The van der Waals surface area contributed by atoms with E-state index in [9.17, 15) is 9.90 Å². The highest BCUT2D eigenvalue weighted by Gasteiger charge is 2.13. The van der Waals surface area contributed by atoms with E-state index in [4.69, 9.17) is 5.73 Å². The van der Waals surface area contributed by atoms with Crippen LogP contribution < -0.4 is 11.1 Å². The highest BCUT2D eigenvalue weighted by molar-refractivity contribution is 6.02. The van der Waals surface area contributed by atoms with Crippen LogP contribution in [0.5, 0.6) is 5.75 Å². The van der Waals surface area contributed by atoms with Crippen LogP contribution in [0.3, 0.4) is 0 Å². The van der Waals surface area contributed by atoms with E-state index in [1.807, 2.05) is 0 Å². The first-order chi connectivity index (χ1) is 8.47. The van der Waals surface area contributed by atoms with Crippen LogP contribution in [0.2, 0.25) is 0 Å². The number of nitrogens with zero attached hydrogens (tertiary/aromatic N) is 2. The maximum absolute atomic E-state index is 11.8. The molecule has 0 saturated heterocycles. The molecule has 7 heteroatoms. The molecule has 0 atom stereocenters. The molecule has 0 unspecified atom stereocenters. The molecule has 2 aromatic rings. The number of aryl methyl sites for hydroxylation is 2. The Kier molecular flexibility index (Phi) is 2.88. The summed E-state index contributed by atoms with van der Waals surface area (Å²) in [5.74, 6) is -0.196. The van der Waals surface area contributed by atoms with Crippen LogP contribution in [0.4, 0.5) is 11.6 Å². The van der Waals surface area contributed by atoms with Crippen molar-refractivity contribution in [2.24, 2.45) is 0 Å². The maximum Gasteiger partial charge on any atom is 0.293 e. The Morgan fingerprint density at radius 1 is 1.39 bits per heavy atom. The molecule has 0 spiro atoms. The van der Waals surface area contributed by atoms with Crippen molar-refractivity contribution in [3.63, 3.8) is 0 Å². The van der Waals surface area contributed by atoms with E-state index in [0.717, 1.165) is 5.56 Å². The lowest BCUT2D eigenvalue weighted by atomic mass is 10.1. The minimum absolute atomic E-state index is 0.0127. The van der Waals surface area contributed by atoms with Gasteiger partial charge >= 0.3 is 0 Å². The van der Waals surface area contributed by atoms with Crippen LogP contribution in [-0.4, -0.2) is 26.2 Å². The fourth-order valence-electron chi connectivity index (χ4n) is 1.49. The molecule has 7 nitrogen and oxygen atoms in total. The zero-order valence-corrected chi connectivity index (χ0v) is 9.98. The average Bonchev–Trinajstić information content (AvgIpc) is 2.73. The van der Waals surface area contributed by atoms with Gasteiger partial charge in [-0.15, -0.1) is 5.10 Å². The van der Waals surface area contributed by atoms with Crippen LogP contribution in [0.1, 0.15) is 21.7 Å². The van der Waals surface area contributed by atoms with Crippen molar-refractivity contribution in [3.05, 3.63) is 29.1 Å². The standard InChI is InChI=1S/C11H13N5O2/c1-5-4-8(17)6(2)3-7(5)13-10(18)9-14-11(12)16-15-9/h3-4,17H,1-2H3,(H,13,18)(H3,12,14,15,16). The van der Waals surface area contributed by atoms with Gasteiger partial charge in [-0.25, -0.2) is 0 Å². The van der Waals surface area contributed by atoms with Gasteiger partial charge < -0.3 is 16.2 Å². The first-order valence-corrected chi connectivity index (χ1v) is 5.27. The van der Waals surface area contributed by atoms with Crippen molar-refractivity contribution in [1.82, 2.24) is 15.2 Å². The molecule has 1 aromatic heterocycles. The summed E-state index contributed by atoms with van der Waals surface area (Å²) in [6.45, 7) is 3.53. The largest absolute Gasteiger partial charge is 0.508 e. The molecule has 94 valence electrons. The van der Waals surface area contributed by atoms with Crippen molar-refractivity contribution in [3.8, 4) is 5.75 Å². The normalized spacial score (nSPS) is 10.3. The Bertz CT molecular complexity index is 605.